The first-order chi connectivity index (χ1) is 8.08. The first-order valence-corrected chi connectivity index (χ1v) is 6.21. The molecule has 0 saturated carbocycles. The average Bonchev–Trinajstić information content (AvgIpc) is 2.62. The van der Waals surface area contributed by atoms with Crippen LogP contribution in [-0.4, -0.2) is 11.0 Å². The van der Waals surface area contributed by atoms with E-state index < -0.39 is 6.10 Å². The Bertz CT molecular complexity index is 454. The number of fused-ring (bicyclic) bond motifs is 1. The van der Waals surface area contributed by atoms with Gasteiger partial charge in [-0.1, -0.05) is 31.5 Å². The average molecular weight is 233 g/mol. The van der Waals surface area contributed by atoms with Gasteiger partial charge in [-0.05, 0) is 25.3 Å². The maximum Gasteiger partial charge on any atom is 0.232 e. The molecule has 0 aromatic heterocycles. The minimum absolute atomic E-state index is 0.0534. The molecule has 1 heterocycles. The highest BCUT2D eigenvalue weighted by atomic mass is 16.3. The topological polar surface area (TPSA) is 49.3 Å². The number of amides is 1. The standard InChI is InChI=1S/C14H19NO2/c1-4-9-10-6-8(3)7-11(12(16)5-2)13(10)15-14(9)17/h6-7,9,12,16H,4-5H2,1-3H3,(H,15,17). The molecule has 0 radical (unpaired) electrons. The van der Waals surface area contributed by atoms with E-state index in [1.165, 1.54) is 0 Å². The molecule has 0 fully saturated rings. The third-order valence-electron chi connectivity index (χ3n) is 3.44. The predicted octanol–water partition coefficient (Wildman–Crippen LogP) is 2.88. The van der Waals surface area contributed by atoms with Gasteiger partial charge >= 0.3 is 0 Å². The summed E-state index contributed by atoms with van der Waals surface area (Å²) in [5.74, 6) is -0.00893. The van der Waals surface area contributed by atoms with Crippen molar-refractivity contribution in [3.8, 4) is 0 Å². The Morgan fingerprint density at radius 3 is 2.71 bits per heavy atom. The summed E-state index contributed by atoms with van der Waals surface area (Å²) in [6.45, 7) is 5.95. The van der Waals surface area contributed by atoms with E-state index >= 15 is 0 Å². The third kappa shape index (κ3) is 1.95. The molecular formula is C14H19NO2. The number of rotatable bonds is 3. The number of anilines is 1. The van der Waals surface area contributed by atoms with Crippen molar-refractivity contribution in [3.63, 3.8) is 0 Å². The van der Waals surface area contributed by atoms with E-state index in [9.17, 15) is 9.90 Å². The van der Waals surface area contributed by atoms with Crippen molar-refractivity contribution in [2.24, 2.45) is 0 Å². The molecule has 17 heavy (non-hydrogen) atoms. The van der Waals surface area contributed by atoms with Crippen LogP contribution in [0.5, 0.6) is 0 Å². The van der Waals surface area contributed by atoms with Gasteiger partial charge in [0, 0.05) is 5.56 Å². The normalized spacial score (nSPS) is 20.0. The van der Waals surface area contributed by atoms with Gasteiger partial charge in [0.1, 0.15) is 0 Å². The Hall–Kier alpha value is -1.35. The first kappa shape index (κ1) is 12.1. The van der Waals surface area contributed by atoms with Crippen LogP contribution < -0.4 is 5.32 Å². The Morgan fingerprint density at radius 1 is 1.41 bits per heavy atom. The van der Waals surface area contributed by atoms with Crippen LogP contribution in [0.25, 0.3) is 0 Å². The van der Waals surface area contributed by atoms with Crippen molar-refractivity contribution < 1.29 is 9.90 Å². The van der Waals surface area contributed by atoms with Crippen molar-refractivity contribution in [1.29, 1.82) is 0 Å². The van der Waals surface area contributed by atoms with Gasteiger partial charge in [0.25, 0.3) is 0 Å². The molecular weight excluding hydrogens is 214 g/mol. The van der Waals surface area contributed by atoms with Crippen molar-refractivity contribution in [2.45, 2.75) is 45.6 Å². The molecule has 0 saturated heterocycles. The number of aliphatic hydroxyl groups excluding tert-OH is 1. The second kappa shape index (κ2) is 4.49. The van der Waals surface area contributed by atoms with Gasteiger partial charge in [0.05, 0.1) is 17.7 Å². The zero-order valence-corrected chi connectivity index (χ0v) is 10.6. The van der Waals surface area contributed by atoms with E-state index in [1.807, 2.05) is 32.9 Å². The van der Waals surface area contributed by atoms with Crippen molar-refractivity contribution in [2.75, 3.05) is 5.32 Å². The van der Waals surface area contributed by atoms with Crippen LogP contribution in [-0.2, 0) is 4.79 Å². The number of aliphatic hydroxyl groups is 1. The van der Waals surface area contributed by atoms with Gasteiger partial charge in [-0.15, -0.1) is 0 Å². The van der Waals surface area contributed by atoms with E-state index in [2.05, 4.69) is 5.32 Å². The van der Waals surface area contributed by atoms with Gasteiger partial charge in [-0.3, -0.25) is 4.79 Å². The third-order valence-corrected chi connectivity index (χ3v) is 3.44. The number of benzene rings is 1. The van der Waals surface area contributed by atoms with Crippen LogP contribution in [0.3, 0.4) is 0 Å². The number of hydrogen-bond donors (Lipinski definition) is 2. The van der Waals surface area contributed by atoms with Gasteiger partial charge in [0.15, 0.2) is 0 Å². The van der Waals surface area contributed by atoms with Crippen molar-refractivity contribution in [3.05, 3.63) is 28.8 Å². The molecule has 2 unspecified atom stereocenters. The summed E-state index contributed by atoms with van der Waals surface area (Å²) < 4.78 is 0. The number of nitrogens with one attached hydrogen (secondary N) is 1. The fourth-order valence-electron chi connectivity index (χ4n) is 2.50. The van der Waals surface area contributed by atoms with Crippen molar-refractivity contribution in [1.82, 2.24) is 0 Å². The quantitative estimate of drug-likeness (QED) is 0.843. The summed E-state index contributed by atoms with van der Waals surface area (Å²) in [5.41, 5.74) is 3.83. The molecule has 2 N–H and O–H groups in total. The summed E-state index contributed by atoms with van der Waals surface area (Å²) in [6, 6.07) is 4.01. The van der Waals surface area contributed by atoms with E-state index in [0.29, 0.717) is 6.42 Å². The highest BCUT2D eigenvalue weighted by Crippen LogP contribution is 2.40. The fourth-order valence-corrected chi connectivity index (χ4v) is 2.50. The molecule has 1 aliphatic rings. The molecule has 1 aromatic carbocycles. The summed E-state index contributed by atoms with van der Waals surface area (Å²) >= 11 is 0. The zero-order chi connectivity index (χ0) is 12.6. The Morgan fingerprint density at radius 2 is 2.12 bits per heavy atom. The molecule has 0 aliphatic carbocycles. The number of aryl methyl sites for hydroxylation is 1. The molecule has 1 amide bonds. The molecule has 0 bridgehead atoms. The van der Waals surface area contributed by atoms with E-state index in [-0.39, 0.29) is 11.8 Å². The summed E-state index contributed by atoms with van der Waals surface area (Å²) in [4.78, 5) is 11.8. The highest BCUT2D eigenvalue weighted by Gasteiger charge is 2.32. The molecule has 92 valence electrons. The molecule has 3 nitrogen and oxygen atoms in total. The van der Waals surface area contributed by atoms with Gasteiger partial charge in [-0.25, -0.2) is 0 Å². The van der Waals surface area contributed by atoms with Gasteiger partial charge < -0.3 is 10.4 Å². The predicted molar refractivity (Wildman–Crippen MR) is 68.1 cm³/mol. The minimum atomic E-state index is -0.500. The molecule has 3 heteroatoms. The van der Waals surface area contributed by atoms with Crippen LogP contribution in [0.2, 0.25) is 0 Å². The van der Waals surface area contributed by atoms with Crippen LogP contribution in [0.1, 0.15) is 55.4 Å². The minimum Gasteiger partial charge on any atom is -0.388 e. The first-order valence-electron chi connectivity index (χ1n) is 6.21. The van der Waals surface area contributed by atoms with Gasteiger partial charge in [0.2, 0.25) is 5.91 Å². The molecule has 0 spiro atoms. The summed E-state index contributed by atoms with van der Waals surface area (Å²) in [5, 5.41) is 12.9. The van der Waals surface area contributed by atoms with Crippen LogP contribution in [0.4, 0.5) is 5.69 Å². The second-order valence-electron chi connectivity index (χ2n) is 4.69. The zero-order valence-electron chi connectivity index (χ0n) is 10.6. The lowest BCUT2D eigenvalue weighted by molar-refractivity contribution is -0.117. The van der Waals surface area contributed by atoms with Crippen LogP contribution in [0.15, 0.2) is 12.1 Å². The lowest BCUT2D eigenvalue weighted by Crippen LogP contribution is -2.11. The largest absolute Gasteiger partial charge is 0.388 e. The smallest absolute Gasteiger partial charge is 0.232 e. The monoisotopic (exact) mass is 233 g/mol. The highest BCUT2D eigenvalue weighted by molar-refractivity contribution is 6.03. The SMILES string of the molecule is CCC(O)c1cc(C)cc2c1NC(=O)C2CC. The molecule has 1 aliphatic heterocycles. The number of carbonyl (C=O) groups excluding carboxylic acids is 1. The lowest BCUT2D eigenvalue weighted by Gasteiger charge is -2.15. The fraction of sp³-hybridized carbons (Fsp3) is 0.500. The van der Waals surface area contributed by atoms with E-state index in [4.69, 9.17) is 0 Å². The van der Waals surface area contributed by atoms with E-state index in [1.54, 1.807) is 0 Å². The molecule has 2 atom stereocenters. The molecule has 2 rings (SSSR count). The summed E-state index contributed by atoms with van der Waals surface area (Å²) in [7, 11) is 0. The van der Waals surface area contributed by atoms with Crippen molar-refractivity contribution >= 4 is 11.6 Å². The lowest BCUT2D eigenvalue weighted by atomic mass is 9.92. The van der Waals surface area contributed by atoms with E-state index in [0.717, 1.165) is 28.8 Å². The van der Waals surface area contributed by atoms with Gasteiger partial charge in [-0.2, -0.15) is 0 Å². The Kier molecular flexibility index (Phi) is 3.20. The van der Waals surface area contributed by atoms with Crippen LogP contribution >= 0.6 is 0 Å². The van der Waals surface area contributed by atoms with Crippen LogP contribution in [0, 0.1) is 6.92 Å². The maximum absolute atomic E-state index is 11.8. The molecule has 1 aromatic rings. The summed E-state index contributed by atoms with van der Waals surface area (Å²) in [6.07, 6.45) is 0.950. The number of carbonyl (C=O) groups is 1. The Balaban J connectivity index is 2.55. The Labute approximate surface area is 102 Å². The second-order valence-corrected chi connectivity index (χ2v) is 4.69. The maximum atomic E-state index is 11.8. The number of hydrogen-bond acceptors (Lipinski definition) is 2.